The summed E-state index contributed by atoms with van der Waals surface area (Å²) in [5, 5.41) is 12.1. The number of hydrogen-bond donors (Lipinski definition) is 1. The monoisotopic (exact) mass is 512 g/mol. The van der Waals surface area contributed by atoms with Crippen LogP contribution >= 0.6 is 0 Å². The smallest absolute Gasteiger partial charge is 0.191 e. The van der Waals surface area contributed by atoms with Crippen molar-refractivity contribution in [2.24, 2.45) is 35.0 Å². The Morgan fingerprint density at radius 3 is 2.33 bits per heavy atom. The van der Waals surface area contributed by atoms with Gasteiger partial charge >= 0.3 is 0 Å². The normalized spacial score (nSPS) is 30.3. The zero-order valence-corrected chi connectivity index (χ0v) is 25.4. The second-order valence-corrected chi connectivity index (χ2v) is 18.6. The summed E-state index contributed by atoms with van der Waals surface area (Å²) in [5.74, 6) is 2.25. The molecule has 36 heavy (non-hydrogen) atoms. The van der Waals surface area contributed by atoms with Crippen molar-refractivity contribution in [2.75, 3.05) is 13.2 Å². The minimum absolute atomic E-state index is 0.221. The van der Waals surface area contributed by atoms with E-state index in [1.807, 2.05) is 18.2 Å². The maximum atomic E-state index is 11.9. The molecule has 3 nitrogen and oxygen atoms in total. The van der Waals surface area contributed by atoms with E-state index < -0.39 is 13.9 Å². The second-order valence-electron chi connectivity index (χ2n) is 13.8. The predicted molar refractivity (Wildman–Crippen MR) is 154 cm³/mol. The lowest BCUT2D eigenvalue weighted by molar-refractivity contribution is -0.0996. The Labute approximate surface area is 222 Å². The highest BCUT2D eigenvalue weighted by Gasteiger charge is 2.55. The molecule has 0 radical (unpaired) electrons. The van der Waals surface area contributed by atoms with Gasteiger partial charge in [0.15, 0.2) is 8.32 Å². The quantitative estimate of drug-likeness (QED) is 0.241. The van der Waals surface area contributed by atoms with E-state index in [0.29, 0.717) is 36.9 Å². The van der Waals surface area contributed by atoms with Gasteiger partial charge in [-0.05, 0) is 66.1 Å². The van der Waals surface area contributed by atoms with E-state index in [1.54, 1.807) is 0 Å². The van der Waals surface area contributed by atoms with Crippen LogP contribution in [0.15, 0.2) is 54.6 Å². The number of benzene rings is 1. The van der Waals surface area contributed by atoms with E-state index in [4.69, 9.17) is 9.16 Å². The van der Waals surface area contributed by atoms with Crippen LogP contribution in [0.4, 0.5) is 0 Å². The van der Waals surface area contributed by atoms with E-state index >= 15 is 0 Å². The summed E-state index contributed by atoms with van der Waals surface area (Å²) in [6, 6.07) is 10.3. The van der Waals surface area contributed by atoms with Gasteiger partial charge in [-0.3, -0.25) is 0 Å². The van der Waals surface area contributed by atoms with Gasteiger partial charge in [0, 0.05) is 12.0 Å². The average molecular weight is 513 g/mol. The topological polar surface area (TPSA) is 38.7 Å². The van der Waals surface area contributed by atoms with E-state index in [1.165, 1.54) is 5.56 Å². The van der Waals surface area contributed by atoms with Gasteiger partial charge < -0.3 is 14.3 Å². The summed E-state index contributed by atoms with van der Waals surface area (Å²) in [4.78, 5) is 0. The Morgan fingerprint density at radius 1 is 1.08 bits per heavy atom. The number of hydrogen-bond acceptors (Lipinski definition) is 3. The van der Waals surface area contributed by atoms with Crippen LogP contribution < -0.4 is 0 Å². The molecule has 4 heteroatoms. The molecule has 0 amide bonds. The van der Waals surface area contributed by atoms with E-state index in [2.05, 4.69) is 98.0 Å². The van der Waals surface area contributed by atoms with Gasteiger partial charge in [-0.1, -0.05) is 103 Å². The highest BCUT2D eigenvalue weighted by molar-refractivity contribution is 6.74. The molecule has 1 aromatic carbocycles. The van der Waals surface area contributed by atoms with Crippen molar-refractivity contribution in [3.63, 3.8) is 0 Å². The minimum Gasteiger partial charge on any atom is -0.417 e. The van der Waals surface area contributed by atoms with Crippen molar-refractivity contribution in [3.8, 4) is 0 Å². The Bertz CT molecular complexity index is 900. The molecule has 202 valence electrons. The molecule has 0 aromatic heterocycles. The summed E-state index contributed by atoms with van der Waals surface area (Å²) in [6.45, 7) is 22.9. The highest BCUT2D eigenvalue weighted by atomic mass is 28.4. The average Bonchev–Trinajstić information content (AvgIpc) is 2.79. The molecule has 2 bridgehead atoms. The third kappa shape index (κ3) is 6.62. The summed E-state index contributed by atoms with van der Waals surface area (Å²) in [6.07, 6.45) is 10.8. The first-order chi connectivity index (χ1) is 16.7. The molecule has 0 spiro atoms. The number of aliphatic hydroxyl groups is 1. The van der Waals surface area contributed by atoms with Crippen molar-refractivity contribution in [1.82, 2.24) is 0 Å². The number of rotatable bonds is 11. The lowest BCUT2D eigenvalue weighted by atomic mass is 9.51. The van der Waals surface area contributed by atoms with Crippen molar-refractivity contribution >= 4 is 8.32 Å². The molecule has 6 atom stereocenters. The summed E-state index contributed by atoms with van der Waals surface area (Å²) >= 11 is 0. The van der Waals surface area contributed by atoms with E-state index in [9.17, 15) is 5.11 Å². The number of allylic oxidation sites excluding steroid dienone is 1. The fourth-order valence-electron chi connectivity index (χ4n) is 5.70. The molecule has 1 saturated carbocycles. The lowest BCUT2D eigenvalue weighted by Crippen LogP contribution is -2.56. The fraction of sp³-hybridized carbons (Fsp3) is 0.688. The van der Waals surface area contributed by atoms with E-state index in [-0.39, 0.29) is 16.4 Å². The first-order valence-electron chi connectivity index (χ1n) is 14.0. The van der Waals surface area contributed by atoms with Crippen LogP contribution in [-0.4, -0.2) is 32.2 Å². The molecule has 0 heterocycles. The first kappa shape index (κ1) is 29.4. The maximum absolute atomic E-state index is 11.9. The van der Waals surface area contributed by atoms with Gasteiger partial charge in [0.25, 0.3) is 0 Å². The maximum Gasteiger partial charge on any atom is 0.191 e. The Morgan fingerprint density at radius 2 is 1.75 bits per heavy atom. The highest BCUT2D eigenvalue weighted by Crippen LogP contribution is 2.57. The summed E-state index contributed by atoms with van der Waals surface area (Å²) < 4.78 is 12.7. The fourth-order valence-corrected chi connectivity index (χ4v) is 6.74. The van der Waals surface area contributed by atoms with Crippen molar-refractivity contribution in [1.29, 1.82) is 0 Å². The first-order valence-corrected chi connectivity index (χ1v) is 16.9. The number of fused-ring (bicyclic) bond motifs is 2. The van der Waals surface area contributed by atoms with Crippen LogP contribution in [0.2, 0.25) is 18.1 Å². The Kier molecular flexibility index (Phi) is 9.19. The van der Waals surface area contributed by atoms with Gasteiger partial charge in [0.1, 0.15) is 0 Å². The zero-order chi connectivity index (χ0) is 26.8. The van der Waals surface area contributed by atoms with Crippen molar-refractivity contribution < 1.29 is 14.3 Å². The summed E-state index contributed by atoms with van der Waals surface area (Å²) in [5.41, 5.74) is 0.133. The number of ether oxygens (including phenoxy) is 1. The Hall–Kier alpha value is -1.20. The van der Waals surface area contributed by atoms with Crippen LogP contribution in [0.3, 0.4) is 0 Å². The standard InChI is InChI=1S/C32H52O3Si/c1-24(2)29(23-35-36(8,9)30(4,5)6)28-20-31(7)17-16-27(28)19-32(31,33)18-15-25(3)21-34-22-26-13-11-10-12-14-26/h10-18,24-25,27-29,33H,19-23H2,1-9H3/b18-15+/t25-,27-,28-,29+,31+,32+/m0/s1. The largest absolute Gasteiger partial charge is 0.417 e. The molecule has 0 unspecified atom stereocenters. The third-order valence-corrected chi connectivity index (χ3v) is 14.0. The Balaban J connectivity index is 1.63. The second kappa shape index (κ2) is 11.3. The van der Waals surface area contributed by atoms with Crippen LogP contribution in [0.25, 0.3) is 0 Å². The van der Waals surface area contributed by atoms with Crippen LogP contribution in [0.1, 0.15) is 66.9 Å². The van der Waals surface area contributed by atoms with Crippen LogP contribution in [0, 0.1) is 35.0 Å². The molecule has 1 fully saturated rings. The van der Waals surface area contributed by atoms with Gasteiger partial charge in [-0.25, -0.2) is 0 Å². The molecular formula is C32H52O3Si. The van der Waals surface area contributed by atoms with Gasteiger partial charge in [0.05, 0.1) is 18.8 Å². The zero-order valence-electron chi connectivity index (χ0n) is 24.4. The SMILES string of the molecule is CC(C)[C@@H](CO[Si](C)(C)C(C)(C)C)[C@H]1C[C@@]2(C)C=C[C@H]1C[C@]2(O)/C=C/[C@H](C)COCc1ccccc1. The molecule has 4 rings (SSSR count). The van der Waals surface area contributed by atoms with E-state index in [0.717, 1.165) is 19.4 Å². The van der Waals surface area contributed by atoms with Gasteiger partial charge in [-0.15, -0.1) is 0 Å². The molecule has 1 N–H and O–H groups in total. The lowest BCUT2D eigenvalue weighted by Gasteiger charge is -2.57. The molecule has 3 aliphatic carbocycles. The molecule has 0 aliphatic heterocycles. The molecular weight excluding hydrogens is 460 g/mol. The van der Waals surface area contributed by atoms with Crippen molar-refractivity contribution in [3.05, 3.63) is 60.2 Å². The minimum atomic E-state index is -1.79. The molecule has 0 saturated heterocycles. The van der Waals surface area contributed by atoms with Gasteiger partial charge in [-0.2, -0.15) is 0 Å². The molecule has 3 aliphatic rings. The predicted octanol–water partition coefficient (Wildman–Crippen LogP) is 8.02. The van der Waals surface area contributed by atoms with Gasteiger partial charge in [0.2, 0.25) is 0 Å². The van der Waals surface area contributed by atoms with Crippen molar-refractivity contribution in [2.45, 2.75) is 91.6 Å². The molecule has 1 aromatic rings. The third-order valence-electron chi connectivity index (χ3n) is 9.50. The summed E-state index contributed by atoms with van der Waals surface area (Å²) in [7, 11) is -1.79. The van der Waals surface area contributed by atoms with Crippen LogP contribution in [-0.2, 0) is 15.8 Å². The van der Waals surface area contributed by atoms with Crippen LogP contribution in [0.5, 0.6) is 0 Å².